The third-order valence-corrected chi connectivity index (χ3v) is 6.81. The normalized spacial score (nSPS) is 33.6. The van der Waals surface area contributed by atoms with Crippen LogP contribution in [0.5, 0.6) is 0 Å². The molecule has 2 bridgehead atoms. The van der Waals surface area contributed by atoms with Gasteiger partial charge in [0.1, 0.15) is 0 Å². The predicted molar refractivity (Wildman–Crippen MR) is 62.3 cm³/mol. The molecule has 0 spiro atoms. The second-order valence-electron chi connectivity index (χ2n) is 4.80. The molecule has 0 saturated carbocycles. The van der Waals surface area contributed by atoms with Crippen LogP contribution < -0.4 is 0 Å². The van der Waals surface area contributed by atoms with Crippen molar-refractivity contribution in [3.8, 4) is 0 Å². The first-order valence-electron chi connectivity index (χ1n) is 6.01. The Hall–Kier alpha value is 0.0569. The summed E-state index contributed by atoms with van der Waals surface area (Å²) >= 11 is 0. The number of ether oxygens (including phenoxy) is 1. The van der Waals surface area contributed by atoms with E-state index in [1.807, 2.05) is 0 Å². The number of fused-ring (bicyclic) bond motifs is 2. The van der Waals surface area contributed by atoms with E-state index in [0.29, 0.717) is 6.10 Å². The molecule has 2 heterocycles. The second kappa shape index (κ2) is 4.74. The van der Waals surface area contributed by atoms with Crippen LogP contribution in [0.3, 0.4) is 0 Å². The second-order valence-corrected chi connectivity index (χ2v) is 7.89. The zero-order chi connectivity index (χ0) is 11.6. The summed E-state index contributed by atoms with van der Waals surface area (Å²) in [5, 5.41) is 0. The molecular weight excluding hydrogens is 224 g/mol. The number of hydrogen-bond donors (Lipinski definition) is 0. The Labute approximate surface area is 98.6 Å². The van der Waals surface area contributed by atoms with Crippen molar-refractivity contribution in [2.45, 2.75) is 49.9 Å². The summed E-state index contributed by atoms with van der Waals surface area (Å²) < 4.78 is 22.4. The predicted octanol–water partition coefficient (Wildman–Crippen LogP) is 1.97. The van der Waals surface area contributed by atoms with Crippen LogP contribution in [0.4, 0.5) is 0 Å². The van der Waals surface area contributed by atoms with Gasteiger partial charge in [0.05, 0.1) is 11.7 Å². The first-order valence-corrected chi connectivity index (χ1v) is 7.94. The van der Waals surface area contributed by atoms with Gasteiger partial charge in [-0.15, -0.1) is 0 Å². The highest BCUT2D eigenvalue weighted by Gasteiger charge is 2.49. The van der Waals surface area contributed by atoms with Gasteiger partial charge in [-0.1, -0.05) is 0 Å². The molecule has 2 rings (SSSR count). The fourth-order valence-corrected chi connectivity index (χ4v) is 4.83. The maximum Gasteiger partial charge on any atom is 0.500 e. The first-order chi connectivity index (χ1) is 7.67. The molecule has 4 nitrogen and oxygen atoms in total. The maximum absolute atomic E-state index is 6.04. The van der Waals surface area contributed by atoms with Crippen molar-refractivity contribution in [1.29, 1.82) is 0 Å². The summed E-state index contributed by atoms with van der Waals surface area (Å²) in [6, 6.07) is 0.850. The van der Waals surface area contributed by atoms with Gasteiger partial charge < -0.3 is 18.0 Å². The van der Waals surface area contributed by atoms with Crippen LogP contribution in [0.1, 0.15) is 32.1 Å². The summed E-state index contributed by atoms with van der Waals surface area (Å²) in [7, 11) is 2.60. The molecule has 0 unspecified atom stereocenters. The summed E-state index contributed by atoms with van der Waals surface area (Å²) in [6.07, 6.45) is 6.36. The molecule has 0 radical (unpaired) electrons. The fraction of sp³-hybridized carbons (Fsp3) is 1.00. The van der Waals surface area contributed by atoms with Crippen molar-refractivity contribution in [3.63, 3.8) is 0 Å². The average molecular weight is 246 g/mol. The fourth-order valence-electron chi connectivity index (χ4n) is 2.95. The monoisotopic (exact) mass is 246 g/mol. The molecule has 2 fully saturated rings. The lowest BCUT2D eigenvalue weighted by molar-refractivity contribution is 0.00577. The Morgan fingerprint density at radius 3 is 2.06 bits per heavy atom. The minimum absolute atomic E-state index is 0.110. The quantitative estimate of drug-likeness (QED) is 0.671. The van der Waals surface area contributed by atoms with Crippen LogP contribution in [-0.2, 0) is 18.0 Å². The zero-order valence-corrected chi connectivity index (χ0v) is 11.5. The van der Waals surface area contributed by atoms with Gasteiger partial charge in [-0.05, 0) is 32.1 Å². The van der Waals surface area contributed by atoms with Crippen LogP contribution in [0, 0.1) is 0 Å². The van der Waals surface area contributed by atoms with Crippen molar-refractivity contribution in [2.75, 3.05) is 21.3 Å². The molecule has 0 amide bonds. The minimum atomic E-state index is -2.41. The molecule has 0 aromatic heterocycles. The van der Waals surface area contributed by atoms with Crippen LogP contribution >= 0.6 is 0 Å². The molecule has 2 saturated heterocycles. The summed E-state index contributed by atoms with van der Waals surface area (Å²) in [5.41, 5.74) is 0.110. The molecule has 0 aliphatic carbocycles. The van der Waals surface area contributed by atoms with Gasteiger partial charge in [0.15, 0.2) is 0 Å². The maximum atomic E-state index is 6.04. The molecule has 0 atom stereocenters. The Balaban J connectivity index is 1.90. The van der Waals surface area contributed by atoms with E-state index in [1.54, 1.807) is 21.3 Å². The van der Waals surface area contributed by atoms with Crippen LogP contribution in [0.15, 0.2) is 0 Å². The first kappa shape index (κ1) is 12.5. The summed E-state index contributed by atoms with van der Waals surface area (Å²) in [6.45, 7) is 0. The summed E-state index contributed by atoms with van der Waals surface area (Å²) in [4.78, 5) is 0. The number of hydrogen-bond acceptors (Lipinski definition) is 4. The average Bonchev–Trinajstić information content (AvgIpc) is 2.92. The van der Waals surface area contributed by atoms with E-state index < -0.39 is 8.80 Å². The largest absolute Gasteiger partial charge is 0.500 e. The highest BCUT2D eigenvalue weighted by Crippen LogP contribution is 2.47. The van der Waals surface area contributed by atoms with Gasteiger partial charge >= 0.3 is 8.80 Å². The van der Waals surface area contributed by atoms with E-state index in [-0.39, 0.29) is 5.60 Å². The van der Waals surface area contributed by atoms with E-state index >= 15 is 0 Å². The van der Waals surface area contributed by atoms with E-state index in [9.17, 15) is 0 Å². The highest BCUT2D eigenvalue weighted by molar-refractivity contribution is 6.60. The highest BCUT2D eigenvalue weighted by atomic mass is 28.4. The Morgan fingerprint density at radius 1 is 1.12 bits per heavy atom. The van der Waals surface area contributed by atoms with Crippen LogP contribution in [0.25, 0.3) is 0 Å². The molecule has 16 heavy (non-hydrogen) atoms. The molecule has 94 valence electrons. The third kappa shape index (κ3) is 2.19. The third-order valence-electron chi connectivity index (χ3n) is 4.08. The van der Waals surface area contributed by atoms with E-state index in [1.165, 1.54) is 25.7 Å². The van der Waals surface area contributed by atoms with Gasteiger partial charge in [-0.3, -0.25) is 0 Å². The van der Waals surface area contributed by atoms with Crippen molar-refractivity contribution < 1.29 is 18.0 Å². The van der Waals surface area contributed by atoms with Crippen LogP contribution in [0.2, 0.25) is 6.04 Å². The molecule has 2 aliphatic heterocycles. The lowest BCUT2D eigenvalue weighted by Crippen LogP contribution is -2.44. The van der Waals surface area contributed by atoms with Crippen molar-refractivity contribution >= 4 is 8.80 Å². The standard InChI is InChI=1S/C11H22O4Si/c1-12-16(13-2,14-3)9-8-11-6-4-10(15-11)5-7-11/h10H,4-9H2,1-3H3. The molecule has 2 aliphatic rings. The van der Waals surface area contributed by atoms with Gasteiger partial charge in [0, 0.05) is 27.4 Å². The van der Waals surface area contributed by atoms with Gasteiger partial charge in [0.25, 0.3) is 0 Å². The van der Waals surface area contributed by atoms with Crippen LogP contribution in [-0.4, -0.2) is 41.8 Å². The number of rotatable bonds is 6. The molecule has 0 aromatic rings. The van der Waals surface area contributed by atoms with E-state index in [0.717, 1.165) is 12.5 Å². The summed E-state index contributed by atoms with van der Waals surface area (Å²) in [5.74, 6) is 0. The molecule has 5 heteroatoms. The van der Waals surface area contributed by atoms with E-state index in [4.69, 9.17) is 18.0 Å². The SMILES string of the molecule is CO[Si](CCC12CCC(CC1)O2)(OC)OC. The molecule has 0 aromatic carbocycles. The Kier molecular flexibility index (Phi) is 3.71. The topological polar surface area (TPSA) is 36.9 Å². The van der Waals surface area contributed by atoms with Crippen molar-refractivity contribution in [3.05, 3.63) is 0 Å². The lowest BCUT2D eigenvalue weighted by Gasteiger charge is -2.30. The smallest absolute Gasteiger partial charge is 0.377 e. The van der Waals surface area contributed by atoms with Crippen molar-refractivity contribution in [1.82, 2.24) is 0 Å². The Bertz CT molecular complexity index is 224. The minimum Gasteiger partial charge on any atom is -0.377 e. The molecule has 0 N–H and O–H groups in total. The zero-order valence-electron chi connectivity index (χ0n) is 10.5. The lowest BCUT2D eigenvalue weighted by atomic mass is 9.87. The van der Waals surface area contributed by atoms with E-state index in [2.05, 4.69) is 0 Å². The van der Waals surface area contributed by atoms with Gasteiger partial charge in [-0.2, -0.15) is 0 Å². The van der Waals surface area contributed by atoms with Gasteiger partial charge in [-0.25, -0.2) is 0 Å². The molecular formula is C11H22O4Si. The van der Waals surface area contributed by atoms with Gasteiger partial charge in [0.2, 0.25) is 0 Å². The Morgan fingerprint density at radius 2 is 1.69 bits per heavy atom. The van der Waals surface area contributed by atoms with Crippen molar-refractivity contribution in [2.24, 2.45) is 0 Å².